The van der Waals surface area contributed by atoms with Crippen molar-refractivity contribution in [2.75, 3.05) is 63.1 Å². The van der Waals surface area contributed by atoms with E-state index in [1.807, 2.05) is 6.92 Å². The topological polar surface area (TPSA) is 146 Å². The largest absolute Gasteiger partial charge is 0.459 e. The molecule has 3 fully saturated rings. The van der Waals surface area contributed by atoms with E-state index in [-0.39, 0.29) is 74.8 Å². The molecule has 4 atom stereocenters. The highest BCUT2D eigenvalue weighted by atomic mass is 32.1. The maximum absolute atomic E-state index is 17.4. The van der Waals surface area contributed by atoms with E-state index in [2.05, 4.69) is 25.8 Å². The zero-order chi connectivity index (χ0) is 34.0. The Morgan fingerprint density at radius 3 is 2.51 bits per heavy atom. The Bertz CT molecular complexity index is 1970. The van der Waals surface area contributed by atoms with Crippen LogP contribution in [0.4, 0.5) is 19.6 Å². The number of piperazine rings is 1. The number of nitrogens with zero attached hydrogens (tertiary/aromatic N) is 7. The molecule has 0 amide bonds. The minimum atomic E-state index is -0.664. The van der Waals surface area contributed by atoms with Crippen LogP contribution in [0.25, 0.3) is 32.2 Å². The molecule has 8 rings (SSSR count). The Balaban J connectivity index is 1.31. The third kappa shape index (κ3) is 5.64. The highest BCUT2D eigenvalue weighted by molar-refractivity contribution is 7.23. The Labute approximate surface area is 286 Å². The number of ether oxygens (including phenoxy) is 3. The lowest BCUT2D eigenvalue weighted by Crippen LogP contribution is -2.55. The summed E-state index contributed by atoms with van der Waals surface area (Å²) in [5.41, 5.74) is 7.80. The first-order valence-electron chi connectivity index (χ1n) is 16.8. The number of rotatable bonds is 8. The lowest BCUT2D eigenvalue weighted by atomic mass is 9.93. The number of nitrogen functional groups attached to an aromatic ring is 1. The summed E-state index contributed by atoms with van der Waals surface area (Å²) in [6, 6.07) is 2.33. The quantitative estimate of drug-likeness (QED) is 0.277. The van der Waals surface area contributed by atoms with Gasteiger partial charge in [0.25, 0.3) is 0 Å². The molecule has 4 aliphatic rings. The number of halogens is 2. The first-order valence-corrected chi connectivity index (χ1v) is 17.6. The van der Waals surface area contributed by atoms with Crippen LogP contribution in [-0.2, 0) is 22.7 Å². The maximum atomic E-state index is 17.4. The molecular weight excluding hydrogens is 654 g/mol. The number of morpholine rings is 1. The van der Waals surface area contributed by atoms with Crippen molar-refractivity contribution in [3.8, 4) is 23.3 Å². The highest BCUT2D eigenvalue weighted by Crippen LogP contribution is 2.48. The molecule has 4 unspecified atom stereocenters. The van der Waals surface area contributed by atoms with Gasteiger partial charge >= 0.3 is 6.01 Å². The number of β-amino-alcohol motifs (C(OH)–C–C–N with tert-alkyl or cyclic N) is 1. The van der Waals surface area contributed by atoms with Gasteiger partial charge in [-0.3, -0.25) is 14.8 Å². The van der Waals surface area contributed by atoms with Crippen LogP contribution in [0.3, 0.4) is 0 Å². The maximum Gasteiger partial charge on any atom is 0.319 e. The minimum absolute atomic E-state index is 0.0598. The van der Waals surface area contributed by atoms with Gasteiger partial charge in [0.05, 0.1) is 60.1 Å². The summed E-state index contributed by atoms with van der Waals surface area (Å²) in [5.74, 6) is -0.696. The average Bonchev–Trinajstić information content (AvgIpc) is 3.76. The number of benzene rings is 1. The highest BCUT2D eigenvalue weighted by Gasteiger charge is 2.43. The first kappa shape index (κ1) is 32.4. The third-order valence-electron chi connectivity index (χ3n) is 10.1. The van der Waals surface area contributed by atoms with E-state index < -0.39 is 17.7 Å². The fraction of sp³-hybridized carbons (Fsp3) is 0.529. The zero-order valence-corrected chi connectivity index (χ0v) is 28.2. The van der Waals surface area contributed by atoms with Gasteiger partial charge in [-0.2, -0.15) is 15.2 Å². The van der Waals surface area contributed by atoms with Gasteiger partial charge in [0.15, 0.2) is 11.6 Å². The molecule has 49 heavy (non-hydrogen) atoms. The molecule has 1 aromatic carbocycles. The molecule has 0 radical (unpaired) electrons. The molecule has 3 N–H and O–H groups in total. The SMILES string of the molecule is CC(O)CN1CC2CCC(C1)N2c1nc(OC(C)CN2CCOCC2)nc2c(F)c(-c3ncc(F)c4sc(N)c(C#N)c34)c3c(c12)COC3. The number of aromatic nitrogens is 3. The zero-order valence-electron chi connectivity index (χ0n) is 27.4. The summed E-state index contributed by atoms with van der Waals surface area (Å²) in [4.78, 5) is 21.0. The van der Waals surface area contributed by atoms with Gasteiger partial charge in [-0.25, -0.2) is 8.78 Å². The van der Waals surface area contributed by atoms with Crippen LogP contribution in [0, 0.1) is 23.0 Å². The molecular formula is C34H38F2N8O4S. The summed E-state index contributed by atoms with van der Waals surface area (Å²) >= 11 is 0.940. The van der Waals surface area contributed by atoms with Gasteiger partial charge in [-0.05, 0) is 37.8 Å². The number of likely N-dealkylation sites (tertiary alicyclic amines) is 1. The van der Waals surface area contributed by atoms with E-state index in [4.69, 9.17) is 29.9 Å². The number of thiophene rings is 1. The van der Waals surface area contributed by atoms with Crippen molar-refractivity contribution in [3.63, 3.8) is 0 Å². The normalized spacial score (nSPS) is 22.5. The molecule has 4 aromatic rings. The Morgan fingerprint density at radius 1 is 1.06 bits per heavy atom. The van der Waals surface area contributed by atoms with E-state index in [1.54, 1.807) is 6.92 Å². The van der Waals surface area contributed by atoms with Crippen LogP contribution >= 0.6 is 11.3 Å². The smallest absolute Gasteiger partial charge is 0.319 e. The molecule has 0 spiro atoms. The fourth-order valence-electron chi connectivity index (χ4n) is 8.09. The molecule has 258 valence electrons. The van der Waals surface area contributed by atoms with Gasteiger partial charge < -0.3 is 30.0 Å². The average molecular weight is 693 g/mol. The van der Waals surface area contributed by atoms with Crippen molar-refractivity contribution in [2.24, 2.45) is 0 Å². The second-order valence-corrected chi connectivity index (χ2v) is 14.6. The second kappa shape index (κ2) is 12.8. The number of nitriles is 1. The molecule has 12 nitrogen and oxygen atoms in total. The van der Waals surface area contributed by atoms with Crippen molar-refractivity contribution in [1.82, 2.24) is 24.8 Å². The lowest BCUT2D eigenvalue weighted by Gasteiger charge is -2.42. The number of nitrogens with two attached hydrogens (primary N) is 1. The molecule has 0 saturated carbocycles. The fourth-order valence-corrected chi connectivity index (χ4v) is 9.01. The van der Waals surface area contributed by atoms with E-state index in [0.29, 0.717) is 43.1 Å². The van der Waals surface area contributed by atoms with Crippen LogP contribution in [0.5, 0.6) is 6.01 Å². The molecule has 3 saturated heterocycles. The molecule has 2 bridgehead atoms. The van der Waals surface area contributed by atoms with Crippen molar-refractivity contribution in [3.05, 3.63) is 34.5 Å². The number of hydrogen-bond acceptors (Lipinski definition) is 13. The number of fused-ring (bicyclic) bond motifs is 6. The number of aliphatic hydroxyl groups excluding tert-OH is 1. The standard InChI is InChI=1S/C34H38F2N8O4S/c1-17(45)11-43-13-19-3-4-20(14-43)44(19)33-27-23-16-47-15-22(23)25(29-26-21(9-37)32(38)49-31(26)24(35)10-39-29)28(36)30(27)40-34(41-33)48-18(2)12-42-5-7-46-8-6-42/h10,17-20,45H,3-8,11-16,38H2,1-2H3. The summed E-state index contributed by atoms with van der Waals surface area (Å²) in [6.45, 7) is 9.62. The van der Waals surface area contributed by atoms with Crippen LogP contribution in [-0.4, -0.2) is 107 Å². The monoisotopic (exact) mass is 692 g/mol. The van der Waals surface area contributed by atoms with Crippen molar-refractivity contribution >= 4 is 43.1 Å². The first-order chi connectivity index (χ1) is 23.7. The van der Waals surface area contributed by atoms with Crippen LogP contribution in [0.15, 0.2) is 6.20 Å². The van der Waals surface area contributed by atoms with Crippen molar-refractivity contribution in [1.29, 1.82) is 5.26 Å². The summed E-state index contributed by atoms with van der Waals surface area (Å²) in [7, 11) is 0. The predicted molar refractivity (Wildman–Crippen MR) is 180 cm³/mol. The number of anilines is 2. The second-order valence-electron chi connectivity index (χ2n) is 13.5. The minimum Gasteiger partial charge on any atom is -0.459 e. The van der Waals surface area contributed by atoms with Gasteiger partial charge in [0.1, 0.15) is 28.5 Å². The Kier molecular flexibility index (Phi) is 8.49. The van der Waals surface area contributed by atoms with Gasteiger partial charge in [0, 0.05) is 62.3 Å². The van der Waals surface area contributed by atoms with Gasteiger partial charge in [-0.1, -0.05) is 0 Å². The number of pyridine rings is 1. The predicted octanol–water partition coefficient (Wildman–Crippen LogP) is 3.80. The van der Waals surface area contributed by atoms with Crippen LogP contribution in [0.2, 0.25) is 0 Å². The molecule has 3 aromatic heterocycles. The van der Waals surface area contributed by atoms with Crippen molar-refractivity contribution < 1.29 is 28.1 Å². The summed E-state index contributed by atoms with van der Waals surface area (Å²) in [6.07, 6.45) is 2.16. The van der Waals surface area contributed by atoms with Gasteiger partial charge in [-0.15, -0.1) is 11.3 Å². The molecule has 0 aliphatic carbocycles. The van der Waals surface area contributed by atoms with Crippen LogP contribution < -0.4 is 15.4 Å². The van der Waals surface area contributed by atoms with E-state index >= 15 is 8.78 Å². The Morgan fingerprint density at radius 2 is 1.80 bits per heavy atom. The van der Waals surface area contributed by atoms with Crippen molar-refractivity contribution in [2.45, 2.75) is 64.2 Å². The molecule has 4 aliphatic heterocycles. The summed E-state index contributed by atoms with van der Waals surface area (Å²) in [5, 5.41) is 21.0. The van der Waals surface area contributed by atoms with E-state index in [0.717, 1.165) is 62.1 Å². The van der Waals surface area contributed by atoms with E-state index in [1.165, 1.54) is 0 Å². The van der Waals surface area contributed by atoms with Crippen LogP contribution in [0.1, 0.15) is 43.4 Å². The number of hydrogen-bond donors (Lipinski definition) is 2. The molecule has 15 heteroatoms. The number of aliphatic hydroxyl groups is 1. The summed E-state index contributed by atoms with van der Waals surface area (Å²) < 4.78 is 50.4. The van der Waals surface area contributed by atoms with E-state index in [9.17, 15) is 10.4 Å². The van der Waals surface area contributed by atoms with Gasteiger partial charge in [0.2, 0.25) is 0 Å². The third-order valence-corrected chi connectivity index (χ3v) is 11.1. The Hall–Kier alpha value is -3.78. The molecule has 7 heterocycles. The lowest BCUT2D eigenvalue weighted by molar-refractivity contribution is 0.0207.